The van der Waals surface area contributed by atoms with Crippen LogP contribution in [0.1, 0.15) is 46.8 Å². The molecule has 0 spiro atoms. The third-order valence-electron chi connectivity index (χ3n) is 4.04. The van der Waals surface area contributed by atoms with Gasteiger partial charge in [-0.25, -0.2) is 0 Å². The van der Waals surface area contributed by atoms with E-state index in [0.29, 0.717) is 0 Å². The molecule has 2 aromatic rings. The highest BCUT2D eigenvalue weighted by Gasteiger charge is 2.24. The molecule has 2 heterocycles. The van der Waals surface area contributed by atoms with Crippen LogP contribution in [0.2, 0.25) is 0 Å². The van der Waals surface area contributed by atoms with E-state index < -0.39 is 0 Å². The van der Waals surface area contributed by atoms with Crippen LogP contribution < -0.4 is 5.73 Å². The molecule has 3 nitrogen and oxygen atoms in total. The molecule has 2 N–H and O–H groups in total. The van der Waals surface area contributed by atoms with Crippen LogP contribution in [0.5, 0.6) is 0 Å². The Kier molecular flexibility index (Phi) is 3.64. The van der Waals surface area contributed by atoms with Crippen LogP contribution in [0.3, 0.4) is 0 Å². The molecule has 2 unspecified atom stereocenters. The van der Waals surface area contributed by atoms with E-state index >= 15 is 0 Å². The molecule has 3 rings (SSSR count). The van der Waals surface area contributed by atoms with E-state index in [2.05, 4.69) is 24.3 Å². The summed E-state index contributed by atoms with van der Waals surface area (Å²) in [6.45, 7) is 4.70. The van der Waals surface area contributed by atoms with Crippen molar-refractivity contribution in [3.05, 3.63) is 58.5 Å². The van der Waals surface area contributed by atoms with E-state index in [9.17, 15) is 0 Å². The maximum atomic E-state index is 6.36. The number of nitrogens with two attached hydrogens (primary N) is 1. The van der Waals surface area contributed by atoms with Crippen molar-refractivity contribution in [3.8, 4) is 0 Å². The van der Waals surface area contributed by atoms with Gasteiger partial charge in [0.1, 0.15) is 11.5 Å². The molecule has 0 aliphatic carbocycles. The summed E-state index contributed by atoms with van der Waals surface area (Å²) >= 11 is 0. The van der Waals surface area contributed by atoms with Gasteiger partial charge in [-0.2, -0.15) is 0 Å². The Hall–Kier alpha value is -1.58. The van der Waals surface area contributed by atoms with E-state index in [1.807, 2.05) is 19.9 Å². The van der Waals surface area contributed by atoms with Crippen molar-refractivity contribution in [1.82, 2.24) is 0 Å². The smallest absolute Gasteiger partial charge is 0.105 e. The topological polar surface area (TPSA) is 48.4 Å². The molecule has 1 aliphatic rings. The van der Waals surface area contributed by atoms with E-state index in [1.54, 1.807) is 0 Å². The van der Waals surface area contributed by atoms with Crippen molar-refractivity contribution in [3.63, 3.8) is 0 Å². The third-order valence-corrected chi connectivity index (χ3v) is 4.04. The zero-order valence-corrected chi connectivity index (χ0v) is 12.1. The predicted octanol–water partition coefficient (Wildman–Crippen LogP) is 3.60. The molecule has 1 aliphatic heterocycles. The van der Waals surface area contributed by atoms with E-state index in [-0.39, 0.29) is 12.1 Å². The zero-order valence-electron chi connectivity index (χ0n) is 12.1. The van der Waals surface area contributed by atoms with Gasteiger partial charge in [-0.05, 0) is 43.9 Å². The van der Waals surface area contributed by atoms with Gasteiger partial charge in [0.25, 0.3) is 0 Å². The number of hydrogen-bond acceptors (Lipinski definition) is 3. The molecule has 0 bridgehead atoms. The van der Waals surface area contributed by atoms with Gasteiger partial charge in [0.2, 0.25) is 0 Å². The Balaban J connectivity index is 1.80. The zero-order chi connectivity index (χ0) is 14.1. The maximum absolute atomic E-state index is 6.36. The van der Waals surface area contributed by atoms with Crippen LogP contribution in [0.15, 0.2) is 34.7 Å². The van der Waals surface area contributed by atoms with Crippen molar-refractivity contribution in [2.45, 2.75) is 38.8 Å². The molecule has 20 heavy (non-hydrogen) atoms. The molecule has 1 aromatic carbocycles. The summed E-state index contributed by atoms with van der Waals surface area (Å²) in [4.78, 5) is 0. The van der Waals surface area contributed by atoms with Crippen LogP contribution in [0, 0.1) is 13.8 Å². The molecular formula is C17H21NO2. The molecule has 1 aromatic heterocycles. The minimum absolute atomic E-state index is 0.0522. The fourth-order valence-electron chi connectivity index (χ4n) is 3.05. The Labute approximate surface area is 119 Å². The number of furan rings is 1. The second kappa shape index (κ2) is 5.43. The van der Waals surface area contributed by atoms with Crippen molar-refractivity contribution in [1.29, 1.82) is 0 Å². The van der Waals surface area contributed by atoms with Gasteiger partial charge in [0, 0.05) is 11.6 Å². The average Bonchev–Trinajstić information content (AvgIpc) is 2.78. The Morgan fingerprint density at radius 1 is 1.30 bits per heavy atom. The second-order valence-electron chi connectivity index (χ2n) is 5.52. The molecule has 0 fully saturated rings. The second-order valence-corrected chi connectivity index (χ2v) is 5.52. The first kappa shape index (κ1) is 13.4. The average molecular weight is 271 g/mol. The first-order chi connectivity index (χ1) is 9.65. The summed E-state index contributed by atoms with van der Waals surface area (Å²) < 4.78 is 11.5. The van der Waals surface area contributed by atoms with Gasteiger partial charge < -0.3 is 14.9 Å². The number of hydrogen-bond donors (Lipinski definition) is 1. The standard InChI is InChI=1S/C17H21NO2/c1-11-9-15(12(2)20-11)16(18)10-17-14-6-4-3-5-13(14)7-8-19-17/h3-6,9,16-17H,7-8,10,18H2,1-2H3. The van der Waals surface area contributed by atoms with Gasteiger partial charge >= 0.3 is 0 Å². The van der Waals surface area contributed by atoms with Crippen LogP contribution in [0.25, 0.3) is 0 Å². The lowest BCUT2D eigenvalue weighted by Crippen LogP contribution is -2.21. The first-order valence-electron chi connectivity index (χ1n) is 7.17. The fraction of sp³-hybridized carbons (Fsp3) is 0.412. The normalized spacial score (nSPS) is 19.6. The molecule has 0 saturated carbocycles. The van der Waals surface area contributed by atoms with Crippen molar-refractivity contribution >= 4 is 0 Å². The third kappa shape index (κ3) is 2.51. The summed E-state index contributed by atoms with van der Waals surface area (Å²) in [5.41, 5.74) is 10.1. The van der Waals surface area contributed by atoms with E-state index in [1.165, 1.54) is 11.1 Å². The molecule has 3 heteroatoms. The lowest BCUT2D eigenvalue weighted by atomic mass is 9.92. The predicted molar refractivity (Wildman–Crippen MR) is 78.6 cm³/mol. The van der Waals surface area contributed by atoms with Crippen LogP contribution in [0.4, 0.5) is 0 Å². The minimum Gasteiger partial charge on any atom is -0.466 e. The SMILES string of the molecule is Cc1cc(C(N)CC2OCCc3ccccc32)c(C)o1. The molecule has 0 amide bonds. The summed E-state index contributed by atoms with van der Waals surface area (Å²) in [6, 6.07) is 10.5. The lowest BCUT2D eigenvalue weighted by Gasteiger charge is -2.28. The van der Waals surface area contributed by atoms with Gasteiger partial charge in [0.15, 0.2) is 0 Å². The Bertz CT molecular complexity index is 603. The van der Waals surface area contributed by atoms with Crippen LogP contribution in [-0.4, -0.2) is 6.61 Å². The van der Waals surface area contributed by atoms with E-state index in [0.717, 1.165) is 36.5 Å². The van der Waals surface area contributed by atoms with Gasteiger partial charge in [-0.15, -0.1) is 0 Å². The van der Waals surface area contributed by atoms with Crippen molar-refractivity contribution in [2.75, 3.05) is 6.61 Å². The highest BCUT2D eigenvalue weighted by Crippen LogP contribution is 2.34. The van der Waals surface area contributed by atoms with Gasteiger partial charge in [-0.3, -0.25) is 0 Å². The highest BCUT2D eigenvalue weighted by molar-refractivity contribution is 5.32. The summed E-state index contributed by atoms with van der Waals surface area (Å²) in [5, 5.41) is 0. The largest absolute Gasteiger partial charge is 0.466 e. The number of rotatable bonds is 3. The quantitative estimate of drug-likeness (QED) is 0.927. The molecular weight excluding hydrogens is 250 g/mol. The van der Waals surface area contributed by atoms with Crippen LogP contribution >= 0.6 is 0 Å². The number of aryl methyl sites for hydroxylation is 2. The summed E-state index contributed by atoms with van der Waals surface area (Å²) in [7, 11) is 0. The number of benzene rings is 1. The first-order valence-corrected chi connectivity index (χ1v) is 7.17. The molecule has 106 valence electrons. The number of ether oxygens (including phenoxy) is 1. The maximum Gasteiger partial charge on any atom is 0.105 e. The number of fused-ring (bicyclic) bond motifs is 1. The Morgan fingerprint density at radius 2 is 2.10 bits per heavy atom. The molecule has 2 atom stereocenters. The fourth-order valence-corrected chi connectivity index (χ4v) is 3.05. The van der Waals surface area contributed by atoms with Gasteiger partial charge in [0.05, 0.1) is 12.7 Å². The van der Waals surface area contributed by atoms with Crippen molar-refractivity contribution in [2.24, 2.45) is 5.73 Å². The van der Waals surface area contributed by atoms with Crippen molar-refractivity contribution < 1.29 is 9.15 Å². The van der Waals surface area contributed by atoms with Gasteiger partial charge in [-0.1, -0.05) is 24.3 Å². The van der Waals surface area contributed by atoms with Crippen LogP contribution in [-0.2, 0) is 11.2 Å². The monoisotopic (exact) mass is 271 g/mol. The highest BCUT2D eigenvalue weighted by atomic mass is 16.5. The molecule has 0 radical (unpaired) electrons. The van der Waals surface area contributed by atoms with E-state index in [4.69, 9.17) is 14.9 Å². The minimum atomic E-state index is -0.0522. The lowest BCUT2D eigenvalue weighted by molar-refractivity contribution is 0.0319. The summed E-state index contributed by atoms with van der Waals surface area (Å²) in [5.74, 6) is 1.83. The summed E-state index contributed by atoms with van der Waals surface area (Å²) in [6.07, 6.45) is 1.87. The Morgan fingerprint density at radius 3 is 2.85 bits per heavy atom. The molecule has 0 saturated heterocycles.